The SMILES string of the molecule is CC(C)S(=O)(=O)NC1CCC(C(=O)Nc2ccc(OC(F)(F)F)cc2)CC1. The maximum Gasteiger partial charge on any atom is 0.573 e. The van der Waals surface area contributed by atoms with Crippen molar-refractivity contribution < 1.29 is 31.1 Å². The van der Waals surface area contributed by atoms with Crippen LogP contribution in [0.25, 0.3) is 0 Å². The molecule has 1 aliphatic rings. The summed E-state index contributed by atoms with van der Waals surface area (Å²) in [4.78, 5) is 12.3. The lowest BCUT2D eigenvalue weighted by Gasteiger charge is -2.28. The first-order chi connectivity index (χ1) is 12.5. The van der Waals surface area contributed by atoms with Gasteiger partial charge in [0.2, 0.25) is 15.9 Å². The van der Waals surface area contributed by atoms with Gasteiger partial charge in [0.1, 0.15) is 5.75 Å². The molecule has 0 unspecified atom stereocenters. The molecule has 0 aliphatic heterocycles. The minimum absolute atomic E-state index is 0.180. The van der Waals surface area contributed by atoms with E-state index >= 15 is 0 Å². The van der Waals surface area contributed by atoms with Crippen molar-refractivity contribution in [2.75, 3.05) is 5.32 Å². The van der Waals surface area contributed by atoms with Crippen LogP contribution in [0.1, 0.15) is 39.5 Å². The third kappa shape index (κ3) is 6.69. The topological polar surface area (TPSA) is 84.5 Å². The highest BCUT2D eigenvalue weighted by Gasteiger charge is 2.31. The largest absolute Gasteiger partial charge is 0.573 e. The molecule has 0 heterocycles. The summed E-state index contributed by atoms with van der Waals surface area (Å²) in [7, 11) is -3.34. The van der Waals surface area contributed by atoms with Gasteiger partial charge in [-0.15, -0.1) is 13.2 Å². The van der Waals surface area contributed by atoms with Gasteiger partial charge in [0, 0.05) is 17.6 Å². The number of carbonyl (C=O) groups excluding carboxylic acids is 1. The van der Waals surface area contributed by atoms with E-state index in [0.717, 1.165) is 12.1 Å². The van der Waals surface area contributed by atoms with Gasteiger partial charge in [-0.1, -0.05) is 0 Å². The van der Waals surface area contributed by atoms with Crippen molar-refractivity contribution in [2.24, 2.45) is 5.92 Å². The van der Waals surface area contributed by atoms with Gasteiger partial charge in [0.25, 0.3) is 0 Å². The van der Waals surface area contributed by atoms with Crippen molar-refractivity contribution in [1.29, 1.82) is 0 Å². The highest BCUT2D eigenvalue weighted by atomic mass is 32.2. The van der Waals surface area contributed by atoms with Crippen LogP contribution < -0.4 is 14.8 Å². The Morgan fingerprint density at radius 3 is 2.15 bits per heavy atom. The van der Waals surface area contributed by atoms with Gasteiger partial charge < -0.3 is 10.1 Å². The Kier molecular flexibility index (Phi) is 6.74. The molecular formula is C17H23F3N2O4S. The van der Waals surface area contributed by atoms with E-state index in [1.165, 1.54) is 12.1 Å². The summed E-state index contributed by atoms with van der Waals surface area (Å²) < 4.78 is 66.7. The van der Waals surface area contributed by atoms with E-state index in [0.29, 0.717) is 31.4 Å². The summed E-state index contributed by atoms with van der Waals surface area (Å²) in [6, 6.07) is 4.74. The van der Waals surface area contributed by atoms with Crippen molar-refractivity contribution in [3.8, 4) is 5.75 Å². The van der Waals surface area contributed by atoms with Gasteiger partial charge in [-0.3, -0.25) is 4.79 Å². The molecule has 152 valence electrons. The molecule has 10 heteroatoms. The average Bonchev–Trinajstić information content (AvgIpc) is 2.55. The number of sulfonamides is 1. The van der Waals surface area contributed by atoms with Crippen LogP contribution in [0.3, 0.4) is 0 Å². The fourth-order valence-corrected chi connectivity index (χ4v) is 3.80. The number of carbonyl (C=O) groups is 1. The normalized spacial score (nSPS) is 21.1. The maximum absolute atomic E-state index is 12.3. The van der Waals surface area contributed by atoms with Gasteiger partial charge in [0.05, 0.1) is 5.25 Å². The van der Waals surface area contributed by atoms with E-state index in [4.69, 9.17) is 0 Å². The number of rotatable bonds is 6. The van der Waals surface area contributed by atoms with E-state index in [2.05, 4.69) is 14.8 Å². The second kappa shape index (κ2) is 8.47. The van der Waals surface area contributed by atoms with E-state index in [1.54, 1.807) is 13.8 Å². The number of amides is 1. The van der Waals surface area contributed by atoms with Crippen LogP contribution in [0.15, 0.2) is 24.3 Å². The first kappa shape index (κ1) is 21.5. The highest BCUT2D eigenvalue weighted by molar-refractivity contribution is 7.90. The Hall–Kier alpha value is -1.81. The van der Waals surface area contributed by atoms with Gasteiger partial charge in [0.15, 0.2) is 0 Å². The van der Waals surface area contributed by atoms with E-state index in [-0.39, 0.29) is 23.6 Å². The molecule has 0 spiro atoms. The van der Waals surface area contributed by atoms with Crippen LogP contribution in [0.5, 0.6) is 5.75 Å². The lowest BCUT2D eigenvalue weighted by molar-refractivity contribution is -0.274. The fraction of sp³-hybridized carbons (Fsp3) is 0.588. The van der Waals surface area contributed by atoms with E-state index in [9.17, 15) is 26.4 Å². The van der Waals surface area contributed by atoms with Crippen molar-refractivity contribution in [2.45, 2.75) is 57.2 Å². The predicted molar refractivity (Wildman–Crippen MR) is 94.7 cm³/mol. The molecule has 1 saturated carbocycles. The predicted octanol–water partition coefficient (Wildman–Crippen LogP) is 3.41. The van der Waals surface area contributed by atoms with Crippen LogP contribution in [0, 0.1) is 5.92 Å². The number of nitrogens with one attached hydrogen (secondary N) is 2. The maximum atomic E-state index is 12.3. The molecule has 0 radical (unpaired) electrons. The molecule has 1 aliphatic carbocycles. The number of hydrogen-bond donors (Lipinski definition) is 2. The van der Waals surface area contributed by atoms with Crippen LogP contribution >= 0.6 is 0 Å². The number of halogens is 3. The zero-order valence-electron chi connectivity index (χ0n) is 15.0. The van der Waals surface area contributed by atoms with Gasteiger partial charge in [-0.05, 0) is 63.8 Å². The number of hydrogen-bond acceptors (Lipinski definition) is 4. The molecule has 0 bridgehead atoms. The molecular weight excluding hydrogens is 385 g/mol. The van der Waals surface area contributed by atoms with Crippen molar-refractivity contribution in [3.63, 3.8) is 0 Å². The van der Waals surface area contributed by atoms with Crippen LogP contribution in [0.4, 0.5) is 18.9 Å². The second-order valence-corrected chi connectivity index (χ2v) is 9.09. The minimum Gasteiger partial charge on any atom is -0.406 e. The zero-order valence-corrected chi connectivity index (χ0v) is 15.9. The molecule has 0 atom stereocenters. The molecule has 1 amide bonds. The lowest BCUT2D eigenvalue weighted by atomic mass is 9.86. The van der Waals surface area contributed by atoms with Gasteiger partial charge in [-0.25, -0.2) is 13.1 Å². The summed E-state index contributed by atoms with van der Waals surface area (Å²) in [5.41, 5.74) is 0.372. The molecule has 0 aromatic heterocycles. The molecule has 1 aromatic rings. The smallest absolute Gasteiger partial charge is 0.406 e. The molecule has 2 N–H and O–H groups in total. The third-order valence-electron chi connectivity index (χ3n) is 4.40. The Morgan fingerprint density at radius 2 is 1.67 bits per heavy atom. The Balaban J connectivity index is 1.84. The summed E-state index contributed by atoms with van der Waals surface area (Å²) in [6.45, 7) is 3.21. The van der Waals surface area contributed by atoms with Crippen LogP contribution in [-0.4, -0.2) is 32.0 Å². The summed E-state index contributed by atoms with van der Waals surface area (Å²) in [5.74, 6) is -0.862. The third-order valence-corrected chi connectivity index (χ3v) is 6.31. The quantitative estimate of drug-likeness (QED) is 0.756. The van der Waals surface area contributed by atoms with Crippen molar-refractivity contribution in [1.82, 2.24) is 4.72 Å². The van der Waals surface area contributed by atoms with Gasteiger partial charge >= 0.3 is 6.36 Å². The van der Waals surface area contributed by atoms with Crippen LogP contribution in [-0.2, 0) is 14.8 Å². The summed E-state index contributed by atoms with van der Waals surface area (Å²) >= 11 is 0. The standard InChI is InChI=1S/C17H23F3N2O4S/c1-11(2)27(24,25)22-14-5-3-12(4-6-14)16(23)21-13-7-9-15(10-8-13)26-17(18,19)20/h7-12,14,22H,3-6H2,1-2H3,(H,21,23). The molecule has 27 heavy (non-hydrogen) atoms. The number of ether oxygens (including phenoxy) is 1. The molecule has 1 aromatic carbocycles. The van der Waals surface area contributed by atoms with Gasteiger partial charge in [-0.2, -0.15) is 0 Å². The minimum atomic E-state index is -4.76. The second-order valence-electron chi connectivity index (χ2n) is 6.82. The Bertz CT molecular complexity index is 740. The molecule has 1 fully saturated rings. The van der Waals surface area contributed by atoms with E-state index in [1.807, 2.05) is 0 Å². The number of anilines is 1. The molecule has 0 saturated heterocycles. The van der Waals surface area contributed by atoms with E-state index < -0.39 is 21.6 Å². The average molecular weight is 408 g/mol. The monoisotopic (exact) mass is 408 g/mol. The molecule has 6 nitrogen and oxygen atoms in total. The number of alkyl halides is 3. The summed E-state index contributed by atoms with van der Waals surface area (Å²) in [5, 5.41) is 2.16. The fourth-order valence-electron chi connectivity index (χ4n) is 2.83. The van der Waals surface area contributed by atoms with Crippen molar-refractivity contribution >= 4 is 21.6 Å². The first-order valence-corrected chi connectivity index (χ1v) is 10.2. The first-order valence-electron chi connectivity index (χ1n) is 8.64. The highest BCUT2D eigenvalue weighted by Crippen LogP contribution is 2.27. The van der Waals surface area contributed by atoms with Crippen LogP contribution in [0.2, 0.25) is 0 Å². The number of benzene rings is 1. The Labute approximate surface area is 156 Å². The van der Waals surface area contributed by atoms with Crippen molar-refractivity contribution in [3.05, 3.63) is 24.3 Å². The summed E-state index contributed by atoms with van der Waals surface area (Å²) in [6.07, 6.45) is -2.58. The lowest BCUT2D eigenvalue weighted by Crippen LogP contribution is -2.42. The zero-order chi connectivity index (χ0) is 20.2. The molecule has 2 rings (SSSR count). The Morgan fingerprint density at radius 1 is 1.11 bits per heavy atom.